The minimum absolute atomic E-state index is 0.284. The summed E-state index contributed by atoms with van der Waals surface area (Å²) < 4.78 is 5.65. The van der Waals surface area contributed by atoms with Crippen molar-refractivity contribution in [3.05, 3.63) is 42.0 Å². The fraction of sp³-hybridized carbons (Fsp3) is 0.571. The minimum Gasteiger partial charge on any atom is -0.496 e. The normalized spacial score (nSPS) is 20.2. The fourth-order valence-corrected chi connectivity index (χ4v) is 3.92. The Hall–Kier alpha value is -2.01. The van der Waals surface area contributed by atoms with E-state index in [0.29, 0.717) is 6.04 Å². The molecule has 0 amide bonds. The van der Waals surface area contributed by atoms with Gasteiger partial charge in [-0.05, 0) is 44.8 Å². The molecule has 2 N–H and O–H groups in total. The van der Waals surface area contributed by atoms with Crippen LogP contribution in [-0.4, -0.2) is 50.7 Å². The van der Waals surface area contributed by atoms with Crippen molar-refractivity contribution in [2.45, 2.75) is 44.2 Å². The molecular weight excluding hydrogens is 324 g/mol. The minimum atomic E-state index is 0.284. The lowest BCUT2D eigenvalue weighted by Crippen LogP contribution is -2.46. The lowest BCUT2D eigenvalue weighted by Gasteiger charge is -2.36. The van der Waals surface area contributed by atoms with Crippen LogP contribution in [-0.2, 0) is 0 Å². The van der Waals surface area contributed by atoms with Crippen LogP contribution in [0.4, 0.5) is 0 Å². The molecule has 5 heteroatoms. The number of ether oxygens (including phenoxy) is 1. The Bertz CT molecular complexity index is 614. The van der Waals surface area contributed by atoms with Crippen molar-refractivity contribution < 1.29 is 4.74 Å². The van der Waals surface area contributed by atoms with E-state index in [1.807, 2.05) is 13.1 Å². The van der Waals surface area contributed by atoms with E-state index >= 15 is 0 Å². The van der Waals surface area contributed by atoms with E-state index in [4.69, 9.17) is 4.74 Å². The highest BCUT2D eigenvalue weighted by Gasteiger charge is 2.25. The first kappa shape index (κ1) is 18.8. The summed E-state index contributed by atoms with van der Waals surface area (Å²) in [6.45, 7) is 3.10. The third-order valence-electron chi connectivity index (χ3n) is 5.36. The van der Waals surface area contributed by atoms with Gasteiger partial charge in [0.05, 0.1) is 13.2 Å². The molecule has 1 aromatic rings. The van der Waals surface area contributed by atoms with Crippen LogP contribution >= 0.6 is 0 Å². The number of benzene rings is 1. The molecule has 0 aromatic heterocycles. The molecule has 1 fully saturated rings. The molecule has 142 valence electrons. The molecule has 0 bridgehead atoms. The van der Waals surface area contributed by atoms with Crippen molar-refractivity contribution in [3.63, 3.8) is 0 Å². The van der Waals surface area contributed by atoms with Gasteiger partial charge in [0.15, 0.2) is 5.96 Å². The maximum atomic E-state index is 5.65. The molecule has 1 saturated heterocycles. The van der Waals surface area contributed by atoms with E-state index in [2.05, 4.69) is 50.9 Å². The van der Waals surface area contributed by atoms with Crippen molar-refractivity contribution in [2.24, 2.45) is 4.99 Å². The van der Waals surface area contributed by atoms with Gasteiger partial charge in [0.2, 0.25) is 0 Å². The number of methoxy groups -OCH3 is 1. The Labute approximate surface area is 157 Å². The number of nitrogens with one attached hydrogen (secondary N) is 2. The lowest BCUT2D eigenvalue weighted by molar-refractivity contribution is 0.161. The number of rotatable bonds is 6. The lowest BCUT2D eigenvalue weighted by atomic mass is 10.0. The van der Waals surface area contributed by atoms with Crippen LogP contribution in [0.3, 0.4) is 0 Å². The summed E-state index contributed by atoms with van der Waals surface area (Å²) in [5.41, 5.74) is 1.25. The highest BCUT2D eigenvalue weighted by Crippen LogP contribution is 2.30. The third kappa shape index (κ3) is 4.79. The first-order valence-electron chi connectivity index (χ1n) is 9.81. The van der Waals surface area contributed by atoms with Crippen molar-refractivity contribution in [2.75, 3.05) is 33.8 Å². The number of hydrogen-bond donors (Lipinski definition) is 2. The Morgan fingerprint density at radius 3 is 2.62 bits per heavy atom. The van der Waals surface area contributed by atoms with E-state index in [1.165, 1.54) is 24.8 Å². The number of para-hydroxylation sites is 1. The Morgan fingerprint density at radius 1 is 1.19 bits per heavy atom. The molecule has 3 rings (SSSR count). The highest BCUT2D eigenvalue weighted by atomic mass is 16.5. The zero-order chi connectivity index (χ0) is 18.2. The number of nitrogens with zero attached hydrogens (tertiary/aromatic N) is 2. The Kier molecular flexibility index (Phi) is 6.95. The summed E-state index contributed by atoms with van der Waals surface area (Å²) in [5, 5.41) is 7.09. The predicted octanol–water partition coefficient (Wildman–Crippen LogP) is 3.11. The number of guanidine groups is 1. The number of piperidine rings is 1. The standard InChI is InChI=1S/C21H32N4O/c1-22-21(24-17-10-4-5-11-17)23-16-19(25-14-8-3-9-15-25)18-12-6-7-13-20(18)26-2/h4-7,12-13,17,19H,3,8-11,14-16H2,1-2H3,(H2,22,23,24). The van der Waals surface area contributed by atoms with Gasteiger partial charge in [-0.15, -0.1) is 0 Å². The molecule has 0 radical (unpaired) electrons. The van der Waals surface area contributed by atoms with Crippen molar-refractivity contribution >= 4 is 5.96 Å². The molecule has 26 heavy (non-hydrogen) atoms. The van der Waals surface area contributed by atoms with Gasteiger partial charge in [0.25, 0.3) is 0 Å². The first-order valence-corrected chi connectivity index (χ1v) is 9.81. The van der Waals surface area contributed by atoms with Crippen LogP contribution in [0.5, 0.6) is 5.75 Å². The molecule has 5 nitrogen and oxygen atoms in total. The third-order valence-corrected chi connectivity index (χ3v) is 5.36. The van der Waals surface area contributed by atoms with Gasteiger partial charge in [-0.3, -0.25) is 9.89 Å². The van der Waals surface area contributed by atoms with Crippen LogP contribution in [0.2, 0.25) is 0 Å². The zero-order valence-corrected chi connectivity index (χ0v) is 16.1. The molecule has 1 atom stereocenters. The topological polar surface area (TPSA) is 48.9 Å². The van der Waals surface area contributed by atoms with Crippen LogP contribution in [0.15, 0.2) is 41.4 Å². The Balaban J connectivity index is 1.70. The van der Waals surface area contributed by atoms with Gasteiger partial charge >= 0.3 is 0 Å². The number of aliphatic imine (C=N–C) groups is 1. The average Bonchev–Trinajstić information content (AvgIpc) is 3.21. The molecule has 1 unspecified atom stereocenters. The second-order valence-electron chi connectivity index (χ2n) is 7.09. The molecular formula is C21H32N4O. The largest absolute Gasteiger partial charge is 0.496 e. The van der Waals surface area contributed by atoms with Crippen molar-refractivity contribution in [3.8, 4) is 5.75 Å². The summed E-state index contributed by atoms with van der Waals surface area (Å²) in [7, 11) is 3.60. The quantitative estimate of drug-likeness (QED) is 0.467. The fourth-order valence-electron chi connectivity index (χ4n) is 3.92. The van der Waals surface area contributed by atoms with Gasteiger partial charge in [-0.2, -0.15) is 0 Å². The van der Waals surface area contributed by atoms with E-state index in [1.54, 1.807) is 7.11 Å². The second kappa shape index (κ2) is 9.62. The van der Waals surface area contributed by atoms with Crippen LogP contribution in [0.1, 0.15) is 43.7 Å². The van der Waals surface area contributed by atoms with E-state index in [0.717, 1.165) is 44.2 Å². The maximum absolute atomic E-state index is 5.65. The van der Waals surface area contributed by atoms with Crippen LogP contribution in [0, 0.1) is 0 Å². The maximum Gasteiger partial charge on any atom is 0.191 e. The molecule has 0 spiro atoms. The van der Waals surface area contributed by atoms with Crippen LogP contribution in [0.25, 0.3) is 0 Å². The van der Waals surface area contributed by atoms with E-state index in [-0.39, 0.29) is 6.04 Å². The SMILES string of the molecule is CN=C(NCC(c1ccccc1OC)N1CCCCC1)NC1CC=CC1. The highest BCUT2D eigenvalue weighted by molar-refractivity contribution is 5.80. The summed E-state index contributed by atoms with van der Waals surface area (Å²) in [6, 6.07) is 9.14. The van der Waals surface area contributed by atoms with Gasteiger partial charge in [0.1, 0.15) is 5.75 Å². The van der Waals surface area contributed by atoms with E-state index in [9.17, 15) is 0 Å². The summed E-state index contributed by atoms with van der Waals surface area (Å²) >= 11 is 0. The second-order valence-corrected chi connectivity index (χ2v) is 7.09. The molecule has 1 aromatic carbocycles. The molecule has 1 heterocycles. The summed E-state index contributed by atoms with van der Waals surface area (Å²) in [5.74, 6) is 1.85. The van der Waals surface area contributed by atoms with E-state index < -0.39 is 0 Å². The van der Waals surface area contributed by atoms with Gasteiger partial charge in [-0.25, -0.2) is 0 Å². The zero-order valence-electron chi connectivity index (χ0n) is 16.1. The van der Waals surface area contributed by atoms with Gasteiger partial charge in [0, 0.05) is 25.2 Å². The van der Waals surface area contributed by atoms with Gasteiger partial charge < -0.3 is 15.4 Å². The molecule has 2 aliphatic rings. The number of likely N-dealkylation sites (tertiary alicyclic amines) is 1. The predicted molar refractivity (Wildman–Crippen MR) is 108 cm³/mol. The molecule has 0 saturated carbocycles. The van der Waals surface area contributed by atoms with Crippen molar-refractivity contribution in [1.82, 2.24) is 15.5 Å². The molecule has 1 aliphatic heterocycles. The average molecular weight is 357 g/mol. The number of hydrogen-bond acceptors (Lipinski definition) is 3. The summed E-state index contributed by atoms with van der Waals surface area (Å²) in [4.78, 5) is 7.00. The monoisotopic (exact) mass is 356 g/mol. The Morgan fingerprint density at radius 2 is 1.92 bits per heavy atom. The summed E-state index contributed by atoms with van der Waals surface area (Å²) in [6.07, 6.45) is 10.5. The first-order chi connectivity index (χ1) is 12.8. The van der Waals surface area contributed by atoms with Crippen molar-refractivity contribution in [1.29, 1.82) is 0 Å². The van der Waals surface area contributed by atoms with Crippen LogP contribution < -0.4 is 15.4 Å². The smallest absolute Gasteiger partial charge is 0.191 e. The molecule has 1 aliphatic carbocycles. The van der Waals surface area contributed by atoms with Gasteiger partial charge in [-0.1, -0.05) is 36.8 Å².